The highest BCUT2D eigenvalue weighted by atomic mass is 16.4. The maximum absolute atomic E-state index is 12.0. The highest BCUT2D eigenvalue weighted by Gasteiger charge is 2.19. The largest absolute Gasteiger partial charge is 0.480 e. The van der Waals surface area contributed by atoms with E-state index in [1.54, 1.807) is 18.2 Å². The van der Waals surface area contributed by atoms with Crippen LogP contribution in [0.5, 0.6) is 0 Å². The molecule has 9 nitrogen and oxygen atoms in total. The normalized spacial score (nSPS) is 13.3. The van der Waals surface area contributed by atoms with Crippen LogP contribution in [0.2, 0.25) is 0 Å². The zero-order chi connectivity index (χ0) is 18.4. The van der Waals surface area contributed by atoms with E-state index in [0.717, 1.165) is 5.39 Å². The van der Waals surface area contributed by atoms with Gasteiger partial charge in [-0.25, -0.2) is 4.79 Å². The average Bonchev–Trinajstić information content (AvgIpc) is 2.56. The minimum Gasteiger partial charge on any atom is -0.480 e. The van der Waals surface area contributed by atoms with Crippen molar-refractivity contribution in [3.05, 3.63) is 46.3 Å². The van der Waals surface area contributed by atoms with Gasteiger partial charge in [0.25, 0.3) is 0 Å². The molecular formula is C16H21N5O4. The monoisotopic (exact) mass is 347 g/mol. The second-order valence-electron chi connectivity index (χ2n) is 5.62. The number of carboxylic acids is 1. The molecule has 0 aliphatic heterocycles. The summed E-state index contributed by atoms with van der Waals surface area (Å²) < 4.78 is 5.26. The van der Waals surface area contributed by atoms with Crippen LogP contribution < -0.4 is 28.1 Å². The number of benzene rings is 1. The Balaban J connectivity index is 2.13. The summed E-state index contributed by atoms with van der Waals surface area (Å²) in [7, 11) is 0. The fraction of sp³-hybridized carbons (Fsp3) is 0.312. The van der Waals surface area contributed by atoms with E-state index < -0.39 is 23.7 Å². The number of aliphatic imine (C=N–C) groups is 1. The van der Waals surface area contributed by atoms with Crippen LogP contribution in [0.3, 0.4) is 0 Å². The van der Waals surface area contributed by atoms with Gasteiger partial charge in [-0.1, -0.05) is 18.2 Å². The average molecular weight is 347 g/mol. The molecule has 0 aliphatic rings. The van der Waals surface area contributed by atoms with Crippen molar-refractivity contribution in [3.63, 3.8) is 0 Å². The maximum Gasteiger partial charge on any atom is 0.340 e. The van der Waals surface area contributed by atoms with Gasteiger partial charge in [0, 0.05) is 18.0 Å². The molecule has 1 unspecified atom stereocenters. The van der Waals surface area contributed by atoms with Crippen LogP contribution in [-0.2, 0) is 11.3 Å². The predicted molar refractivity (Wildman–Crippen MR) is 94.0 cm³/mol. The molecule has 2 atom stereocenters. The molecular weight excluding hydrogens is 326 g/mol. The second kappa shape index (κ2) is 8.27. The smallest absolute Gasteiger partial charge is 0.340 e. The number of nitrogens with one attached hydrogen (secondary N) is 1. The summed E-state index contributed by atoms with van der Waals surface area (Å²) in [5, 5.41) is 12.8. The molecule has 0 saturated carbocycles. The summed E-state index contributed by atoms with van der Waals surface area (Å²) in [6.45, 7) is 0.312. The Morgan fingerprint density at radius 1 is 1.32 bits per heavy atom. The van der Waals surface area contributed by atoms with Crippen molar-refractivity contribution in [3.8, 4) is 0 Å². The van der Waals surface area contributed by atoms with E-state index >= 15 is 0 Å². The topological polar surface area (TPSA) is 170 Å². The van der Waals surface area contributed by atoms with Gasteiger partial charge in [0.15, 0.2) is 5.96 Å². The van der Waals surface area contributed by atoms with Gasteiger partial charge in [0.1, 0.15) is 11.6 Å². The quantitative estimate of drug-likeness (QED) is 0.238. The SMILES string of the molecule is NC(N)=NCC(C[C@H](N)C(=O)O)NCc1cc2ccccc2oc1=O. The highest BCUT2D eigenvalue weighted by Crippen LogP contribution is 2.12. The number of fused-ring (bicyclic) bond motifs is 1. The summed E-state index contributed by atoms with van der Waals surface area (Å²) in [6.07, 6.45) is 0.102. The molecule has 9 heteroatoms. The molecule has 0 radical (unpaired) electrons. The summed E-state index contributed by atoms with van der Waals surface area (Å²) in [5.74, 6) is -1.23. The van der Waals surface area contributed by atoms with Crippen molar-refractivity contribution in [2.75, 3.05) is 6.54 Å². The first-order valence-electron chi connectivity index (χ1n) is 7.65. The van der Waals surface area contributed by atoms with E-state index in [-0.39, 0.29) is 25.5 Å². The molecule has 0 amide bonds. The van der Waals surface area contributed by atoms with Crippen LogP contribution in [0.4, 0.5) is 0 Å². The van der Waals surface area contributed by atoms with Crippen molar-refractivity contribution in [1.29, 1.82) is 0 Å². The third-order valence-electron chi connectivity index (χ3n) is 3.64. The molecule has 134 valence electrons. The van der Waals surface area contributed by atoms with Crippen molar-refractivity contribution in [2.24, 2.45) is 22.2 Å². The number of carbonyl (C=O) groups is 1. The van der Waals surface area contributed by atoms with Gasteiger partial charge >= 0.3 is 11.6 Å². The second-order valence-corrected chi connectivity index (χ2v) is 5.62. The minimum absolute atomic E-state index is 0.102. The summed E-state index contributed by atoms with van der Waals surface area (Å²) in [6, 6.07) is 7.40. The molecule has 1 heterocycles. The Hall–Kier alpha value is -2.91. The van der Waals surface area contributed by atoms with Gasteiger partial charge in [-0.15, -0.1) is 0 Å². The Labute approximate surface area is 143 Å². The van der Waals surface area contributed by atoms with Crippen LogP contribution in [0, 0.1) is 0 Å². The minimum atomic E-state index is -1.12. The third kappa shape index (κ3) is 5.30. The molecule has 0 aliphatic carbocycles. The van der Waals surface area contributed by atoms with E-state index in [1.807, 2.05) is 12.1 Å². The van der Waals surface area contributed by atoms with Gasteiger partial charge in [0.05, 0.1) is 12.1 Å². The molecule has 1 aromatic heterocycles. The summed E-state index contributed by atoms with van der Waals surface area (Å²) in [4.78, 5) is 26.9. The number of nitrogens with two attached hydrogens (primary N) is 3. The standard InChI is InChI=1S/C16H21N5O4/c17-12(14(22)23)6-11(8-21-16(18)19)20-7-10-5-9-3-1-2-4-13(9)25-15(10)24/h1-5,11-12,20H,6-8,17H2,(H,22,23)(H4,18,19,21)/t11?,12-/m0/s1. The van der Waals surface area contributed by atoms with Gasteiger partial charge in [-0.2, -0.15) is 0 Å². The molecule has 0 bridgehead atoms. The first-order chi connectivity index (χ1) is 11.9. The zero-order valence-electron chi connectivity index (χ0n) is 13.5. The first-order valence-corrected chi connectivity index (χ1v) is 7.65. The number of nitrogens with zero attached hydrogens (tertiary/aromatic N) is 1. The molecule has 25 heavy (non-hydrogen) atoms. The van der Waals surface area contributed by atoms with E-state index in [1.165, 1.54) is 0 Å². The van der Waals surface area contributed by atoms with Crippen LogP contribution in [0.1, 0.15) is 12.0 Å². The molecule has 8 N–H and O–H groups in total. The zero-order valence-corrected chi connectivity index (χ0v) is 13.5. The molecule has 2 aromatic rings. The van der Waals surface area contributed by atoms with Crippen LogP contribution in [-0.4, -0.2) is 35.7 Å². The maximum atomic E-state index is 12.0. The van der Waals surface area contributed by atoms with Gasteiger partial charge < -0.3 is 32.0 Å². The van der Waals surface area contributed by atoms with E-state index in [2.05, 4.69) is 10.3 Å². The van der Waals surface area contributed by atoms with Crippen LogP contribution >= 0.6 is 0 Å². The Morgan fingerprint density at radius 2 is 2.04 bits per heavy atom. The predicted octanol–water partition coefficient (Wildman–Crippen LogP) is -0.673. The summed E-state index contributed by atoms with van der Waals surface area (Å²) in [5.41, 5.74) is 16.6. The molecule has 2 rings (SSSR count). The molecule has 0 spiro atoms. The Morgan fingerprint density at radius 3 is 2.72 bits per heavy atom. The van der Waals surface area contributed by atoms with Crippen LogP contribution in [0.15, 0.2) is 44.5 Å². The third-order valence-corrected chi connectivity index (χ3v) is 3.64. The van der Waals surface area contributed by atoms with Crippen molar-refractivity contribution in [1.82, 2.24) is 5.32 Å². The lowest BCUT2D eigenvalue weighted by Crippen LogP contribution is -2.42. The van der Waals surface area contributed by atoms with Gasteiger partial charge in [0.2, 0.25) is 0 Å². The van der Waals surface area contributed by atoms with Crippen LogP contribution in [0.25, 0.3) is 11.0 Å². The number of guanidine groups is 1. The highest BCUT2D eigenvalue weighted by molar-refractivity contribution is 5.77. The number of para-hydroxylation sites is 1. The fourth-order valence-corrected chi connectivity index (χ4v) is 2.33. The Kier molecular flexibility index (Phi) is 6.09. The first kappa shape index (κ1) is 18.4. The number of hydrogen-bond donors (Lipinski definition) is 5. The lowest BCUT2D eigenvalue weighted by Gasteiger charge is -2.19. The van der Waals surface area contributed by atoms with Crippen molar-refractivity contribution in [2.45, 2.75) is 25.0 Å². The van der Waals surface area contributed by atoms with Gasteiger partial charge in [-0.3, -0.25) is 9.79 Å². The molecule has 0 saturated heterocycles. The van der Waals surface area contributed by atoms with E-state index in [4.69, 9.17) is 26.7 Å². The van der Waals surface area contributed by atoms with Crippen molar-refractivity contribution < 1.29 is 14.3 Å². The van der Waals surface area contributed by atoms with Gasteiger partial charge in [-0.05, 0) is 18.6 Å². The molecule has 0 fully saturated rings. The van der Waals surface area contributed by atoms with Crippen molar-refractivity contribution >= 4 is 22.9 Å². The number of rotatable bonds is 8. The lowest BCUT2D eigenvalue weighted by atomic mass is 10.1. The lowest BCUT2D eigenvalue weighted by molar-refractivity contribution is -0.138. The molecule has 1 aromatic carbocycles. The number of carboxylic acid groups (broad SMARTS) is 1. The fourth-order valence-electron chi connectivity index (χ4n) is 2.33. The summed E-state index contributed by atoms with van der Waals surface area (Å²) >= 11 is 0. The van der Waals surface area contributed by atoms with E-state index in [9.17, 15) is 9.59 Å². The number of aliphatic carboxylic acids is 1. The van der Waals surface area contributed by atoms with E-state index in [0.29, 0.717) is 11.1 Å². The Bertz CT molecular complexity index is 829. The number of hydrogen-bond acceptors (Lipinski definition) is 6.